The maximum Gasteiger partial charge on any atom is 0.255 e. The highest BCUT2D eigenvalue weighted by atomic mass is 16.5. The lowest BCUT2D eigenvalue weighted by molar-refractivity contribution is 0.0938. The van der Waals surface area contributed by atoms with Gasteiger partial charge in [-0.05, 0) is 67.5 Å². The molecule has 1 atom stereocenters. The van der Waals surface area contributed by atoms with Gasteiger partial charge in [0.2, 0.25) is 0 Å². The summed E-state index contributed by atoms with van der Waals surface area (Å²) >= 11 is 0. The Hall–Kier alpha value is -3.41. The molecule has 0 radical (unpaired) electrons. The first-order valence-electron chi connectivity index (χ1n) is 10.5. The highest BCUT2D eigenvalue weighted by Crippen LogP contribution is 2.37. The number of hydrogen-bond acceptors (Lipinski definition) is 4. The van der Waals surface area contributed by atoms with Crippen LogP contribution in [0.2, 0.25) is 0 Å². The zero-order valence-corrected chi connectivity index (χ0v) is 16.8. The largest absolute Gasteiger partial charge is 0.360 e. The summed E-state index contributed by atoms with van der Waals surface area (Å²) in [4.78, 5) is 13.0. The van der Waals surface area contributed by atoms with Crippen LogP contribution in [0.4, 0.5) is 0 Å². The van der Waals surface area contributed by atoms with Gasteiger partial charge in [-0.1, -0.05) is 17.3 Å². The first-order valence-corrected chi connectivity index (χ1v) is 10.5. The van der Waals surface area contributed by atoms with E-state index in [1.54, 1.807) is 10.7 Å². The van der Waals surface area contributed by atoms with Gasteiger partial charge in [0.15, 0.2) is 0 Å². The second-order valence-electron chi connectivity index (χ2n) is 8.36. The number of fused-ring (bicyclic) bond motifs is 3. The lowest BCUT2D eigenvalue weighted by Crippen LogP contribution is -2.27. The van der Waals surface area contributed by atoms with Crippen LogP contribution in [0.5, 0.6) is 0 Å². The molecule has 0 unspecified atom stereocenters. The van der Waals surface area contributed by atoms with Crippen molar-refractivity contribution in [3.8, 4) is 11.3 Å². The molecule has 2 aliphatic rings. The van der Waals surface area contributed by atoms with Crippen molar-refractivity contribution in [3.63, 3.8) is 0 Å². The molecule has 30 heavy (non-hydrogen) atoms. The number of pyridine rings is 1. The topological polar surface area (TPSA) is 72.4 Å². The number of aryl methyl sites for hydroxylation is 3. The van der Waals surface area contributed by atoms with Crippen LogP contribution in [0, 0.1) is 6.92 Å². The maximum atomic E-state index is 13.0. The number of hydrogen-bond donors (Lipinski definition) is 1. The Balaban J connectivity index is 1.27. The van der Waals surface area contributed by atoms with E-state index in [1.165, 1.54) is 16.7 Å². The average molecular weight is 398 g/mol. The standard InChI is InChI=1S/C24H22N4O2/c1-14-9-10-28-21(11-14)19(13-25-28)24(29)26-20-8-6-15-12-16(5-7-17(15)20)23-18-3-2-4-22(18)30-27-23/h5,7,9-13,20H,2-4,6,8H2,1H3,(H,26,29)/t20-/m1/s1. The molecule has 150 valence electrons. The Morgan fingerprint density at radius 2 is 2.13 bits per heavy atom. The van der Waals surface area contributed by atoms with Crippen molar-refractivity contribution in [2.24, 2.45) is 0 Å². The monoisotopic (exact) mass is 398 g/mol. The molecule has 1 N–H and O–H groups in total. The molecule has 0 saturated heterocycles. The van der Waals surface area contributed by atoms with Gasteiger partial charge < -0.3 is 9.84 Å². The van der Waals surface area contributed by atoms with E-state index in [-0.39, 0.29) is 11.9 Å². The molecule has 0 fully saturated rings. The van der Waals surface area contributed by atoms with Crippen molar-refractivity contribution < 1.29 is 9.32 Å². The molecule has 6 rings (SSSR count). The first-order chi connectivity index (χ1) is 14.7. The summed E-state index contributed by atoms with van der Waals surface area (Å²) in [5.74, 6) is 0.964. The second kappa shape index (κ2) is 6.55. The van der Waals surface area contributed by atoms with Crippen LogP contribution >= 0.6 is 0 Å². The summed E-state index contributed by atoms with van der Waals surface area (Å²) in [6.07, 6.45) is 8.56. The van der Waals surface area contributed by atoms with Gasteiger partial charge in [0, 0.05) is 23.7 Å². The molecule has 3 heterocycles. The molecule has 1 aromatic carbocycles. The van der Waals surface area contributed by atoms with Gasteiger partial charge in [0.25, 0.3) is 5.91 Å². The third-order valence-electron chi connectivity index (χ3n) is 6.42. The molecule has 0 spiro atoms. The Kier molecular flexibility index (Phi) is 3.81. The number of nitrogens with one attached hydrogen (secondary N) is 1. The molecule has 1 amide bonds. The number of amides is 1. The van der Waals surface area contributed by atoms with Crippen molar-refractivity contribution in [1.29, 1.82) is 0 Å². The SMILES string of the molecule is Cc1ccn2ncc(C(=O)N[C@@H]3CCc4cc(-c5noc6c5CCC6)ccc43)c2c1. The van der Waals surface area contributed by atoms with Crippen molar-refractivity contribution in [2.45, 2.75) is 45.1 Å². The van der Waals surface area contributed by atoms with E-state index >= 15 is 0 Å². The number of nitrogens with zero attached hydrogens (tertiary/aromatic N) is 3. The maximum absolute atomic E-state index is 13.0. The van der Waals surface area contributed by atoms with Gasteiger partial charge in [-0.15, -0.1) is 0 Å². The van der Waals surface area contributed by atoms with Crippen LogP contribution in [0.15, 0.2) is 47.2 Å². The minimum atomic E-state index is -0.0770. The summed E-state index contributed by atoms with van der Waals surface area (Å²) in [7, 11) is 0. The molecule has 0 saturated carbocycles. The molecule has 4 aromatic rings. The number of aromatic nitrogens is 3. The fourth-order valence-corrected chi connectivity index (χ4v) is 4.86. The average Bonchev–Trinajstić information content (AvgIpc) is 3.50. The van der Waals surface area contributed by atoms with E-state index < -0.39 is 0 Å². The Bertz CT molecular complexity index is 1300. The Morgan fingerprint density at radius 3 is 3.07 bits per heavy atom. The number of carbonyl (C=O) groups is 1. The smallest absolute Gasteiger partial charge is 0.255 e. The number of rotatable bonds is 3. The van der Waals surface area contributed by atoms with Crippen molar-refractivity contribution in [3.05, 3.63) is 76.3 Å². The van der Waals surface area contributed by atoms with Crippen LogP contribution in [-0.2, 0) is 19.3 Å². The summed E-state index contributed by atoms with van der Waals surface area (Å²) in [6, 6.07) is 10.5. The fraction of sp³-hybridized carbons (Fsp3) is 0.292. The van der Waals surface area contributed by atoms with Crippen LogP contribution in [0.25, 0.3) is 16.8 Å². The molecular formula is C24H22N4O2. The lowest BCUT2D eigenvalue weighted by atomic mass is 10.0. The van der Waals surface area contributed by atoms with Gasteiger partial charge in [0.1, 0.15) is 11.5 Å². The van der Waals surface area contributed by atoms with E-state index in [0.717, 1.165) is 60.2 Å². The normalized spacial score (nSPS) is 17.3. The molecule has 6 heteroatoms. The predicted molar refractivity (Wildman–Crippen MR) is 112 cm³/mol. The second-order valence-corrected chi connectivity index (χ2v) is 8.36. The Labute approximate surface area is 173 Å². The third kappa shape index (κ3) is 2.67. The van der Waals surface area contributed by atoms with Gasteiger partial charge in [-0.25, -0.2) is 4.52 Å². The molecule has 0 aliphatic heterocycles. The van der Waals surface area contributed by atoms with Crippen LogP contribution in [0.1, 0.15) is 57.3 Å². The zero-order chi connectivity index (χ0) is 20.2. The minimum absolute atomic E-state index is 0.0179. The minimum Gasteiger partial charge on any atom is -0.360 e. The van der Waals surface area contributed by atoms with Gasteiger partial charge >= 0.3 is 0 Å². The highest BCUT2D eigenvalue weighted by Gasteiger charge is 2.27. The lowest BCUT2D eigenvalue weighted by Gasteiger charge is -2.14. The molecular weight excluding hydrogens is 376 g/mol. The van der Waals surface area contributed by atoms with E-state index in [4.69, 9.17) is 4.52 Å². The summed E-state index contributed by atoms with van der Waals surface area (Å²) in [5.41, 5.74) is 8.40. The Morgan fingerprint density at radius 1 is 1.20 bits per heavy atom. The zero-order valence-electron chi connectivity index (χ0n) is 16.8. The molecule has 3 aromatic heterocycles. The summed E-state index contributed by atoms with van der Waals surface area (Å²) < 4.78 is 7.27. The summed E-state index contributed by atoms with van der Waals surface area (Å²) in [5, 5.41) is 11.8. The fourth-order valence-electron chi connectivity index (χ4n) is 4.86. The number of benzene rings is 1. The van der Waals surface area contributed by atoms with Gasteiger partial charge in [-0.2, -0.15) is 5.10 Å². The molecule has 2 aliphatic carbocycles. The van der Waals surface area contributed by atoms with E-state index in [9.17, 15) is 4.79 Å². The van der Waals surface area contributed by atoms with Crippen molar-refractivity contribution >= 4 is 11.4 Å². The summed E-state index contributed by atoms with van der Waals surface area (Å²) in [6.45, 7) is 2.02. The van der Waals surface area contributed by atoms with E-state index in [0.29, 0.717) is 5.56 Å². The van der Waals surface area contributed by atoms with Crippen LogP contribution < -0.4 is 5.32 Å². The molecule has 0 bridgehead atoms. The first kappa shape index (κ1) is 17.4. The van der Waals surface area contributed by atoms with Crippen molar-refractivity contribution in [1.82, 2.24) is 20.1 Å². The number of carbonyl (C=O) groups excluding carboxylic acids is 1. The van der Waals surface area contributed by atoms with E-state index in [1.807, 2.05) is 25.3 Å². The highest BCUT2D eigenvalue weighted by molar-refractivity contribution is 6.01. The quantitative estimate of drug-likeness (QED) is 0.561. The van der Waals surface area contributed by atoms with Gasteiger partial charge in [0.05, 0.1) is 23.3 Å². The van der Waals surface area contributed by atoms with Crippen LogP contribution in [0.3, 0.4) is 0 Å². The van der Waals surface area contributed by atoms with E-state index in [2.05, 4.69) is 33.8 Å². The van der Waals surface area contributed by atoms with Crippen LogP contribution in [-0.4, -0.2) is 20.7 Å². The predicted octanol–water partition coefficient (Wildman–Crippen LogP) is 4.20. The molecule has 6 nitrogen and oxygen atoms in total. The van der Waals surface area contributed by atoms with Gasteiger partial charge in [-0.3, -0.25) is 4.79 Å². The third-order valence-corrected chi connectivity index (χ3v) is 6.42. The van der Waals surface area contributed by atoms with Crippen molar-refractivity contribution in [2.75, 3.05) is 0 Å².